The van der Waals surface area contributed by atoms with Crippen LogP contribution in [-0.4, -0.2) is 17.6 Å². The molecule has 0 aliphatic rings. The first-order chi connectivity index (χ1) is 9.16. The normalized spacial score (nSPS) is 11.8. The average Bonchev–Trinajstić information content (AvgIpc) is 2.46. The molecule has 0 radical (unpaired) electrons. The van der Waals surface area contributed by atoms with Crippen LogP contribution in [0, 0.1) is 0 Å². The van der Waals surface area contributed by atoms with Crippen LogP contribution < -0.4 is 5.32 Å². The molecule has 0 aromatic heterocycles. The minimum absolute atomic E-state index is 0.303. The van der Waals surface area contributed by atoms with E-state index in [1.54, 1.807) is 18.2 Å². The van der Waals surface area contributed by atoms with E-state index in [1.165, 1.54) is 5.56 Å². The van der Waals surface area contributed by atoms with Gasteiger partial charge in [-0.05, 0) is 29.7 Å². The van der Waals surface area contributed by atoms with E-state index >= 15 is 0 Å². The second-order valence-electron chi connectivity index (χ2n) is 4.58. The summed E-state index contributed by atoms with van der Waals surface area (Å²) in [6, 6.07) is 17.1. The van der Waals surface area contributed by atoms with E-state index in [0.29, 0.717) is 11.5 Å². The van der Waals surface area contributed by atoms with Crippen LogP contribution in [0.2, 0.25) is 0 Å². The first kappa shape index (κ1) is 13.1. The van der Waals surface area contributed by atoms with Gasteiger partial charge in [-0.25, -0.2) is 4.79 Å². The number of nitrogens with one attached hydrogen (secondary N) is 1. The zero-order valence-electron chi connectivity index (χ0n) is 10.8. The molecule has 0 heterocycles. The largest absolute Gasteiger partial charge is 0.478 e. The highest BCUT2D eigenvalue weighted by Gasteiger charge is 2.06. The number of anilines is 1. The summed E-state index contributed by atoms with van der Waals surface area (Å²) in [7, 11) is 0. The highest BCUT2D eigenvalue weighted by molar-refractivity contribution is 5.88. The second-order valence-corrected chi connectivity index (χ2v) is 4.58. The van der Waals surface area contributed by atoms with Crippen molar-refractivity contribution in [1.29, 1.82) is 0 Å². The second kappa shape index (κ2) is 6.05. The molecule has 2 rings (SSSR count). The first-order valence-electron chi connectivity index (χ1n) is 6.29. The molecule has 0 amide bonds. The van der Waals surface area contributed by atoms with Gasteiger partial charge in [-0.2, -0.15) is 0 Å². The Morgan fingerprint density at radius 1 is 1.16 bits per heavy atom. The number of hydrogen-bond donors (Lipinski definition) is 2. The minimum Gasteiger partial charge on any atom is -0.478 e. The summed E-state index contributed by atoms with van der Waals surface area (Å²) >= 11 is 0. The molecule has 0 aliphatic carbocycles. The van der Waals surface area contributed by atoms with Gasteiger partial charge in [-0.1, -0.05) is 43.3 Å². The summed E-state index contributed by atoms with van der Waals surface area (Å²) in [5.41, 5.74) is 2.41. The monoisotopic (exact) mass is 255 g/mol. The molecule has 0 bridgehead atoms. The van der Waals surface area contributed by atoms with Crippen LogP contribution in [0.3, 0.4) is 0 Å². The van der Waals surface area contributed by atoms with Crippen molar-refractivity contribution in [3.8, 4) is 0 Å². The maximum Gasteiger partial charge on any atom is 0.335 e. The molecule has 1 unspecified atom stereocenters. The van der Waals surface area contributed by atoms with E-state index in [-0.39, 0.29) is 0 Å². The van der Waals surface area contributed by atoms with Crippen LogP contribution in [0.4, 0.5) is 5.69 Å². The van der Waals surface area contributed by atoms with E-state index in [4.69, 9.17) is 5.11 Å². The van der Waals surface area contributed by atoms with Crippen molar-refractivity contribution in [3.63, 3.8) is 0 Å². The molecular weight excluding hydrogens is 238 g/mol. The van der Waals surface area contributed by atoms with Crippen LogP contribution in [0.5, 0.6) is 0 Å². The Bertz CT molecular complexity index is 552. The third-order valence-corrected chi connectivity index (χ3v) is 3.09. The Morgan fingerprint density at radius 2 is 1.89 bits per heavy atom. The fraction of sp³-hybridized carbons (Fsp3) is 0.188. The fourth-order valence-corrected chi connectivity index (χ4v) is 1.93. The maximum absolute atomic E-state index is 10.9. The van der Waals surface area contributed by atoms with Crippen molar-refractivity contribution in [3.05, 3.63) is 65.7 Å². The Hall–Kier alpha value is -2.29. The molecule has 2 N–H and O–H groups in total. The Kier molecular flexibility index (Phi) is 4.18. The topological polar surface area (TPSA) is 49.3 Å². The quantitative estimate of drug-likeness (QED) is 0.858. The van der Waals surface area contributed by atoms with Crippen molar-refractivity contribution in [2.24, 2.45) is 0 Å². The van der Waals surface area contributed by atoms with Crippen molar-refractivity contribution in [2.75, 3.05) is 11.9 Å². The van der Waals surface area contributed by atoms with E-state index in [1.807, 2.05) is 24.3 Å². The van der Waals surface area contributed by atoms with Gasteiger partial charge in [0.2, 0.25) is 0 Å². The predicted octanol–water partition coefficient (Wildman–Crippen LogP) is 3.60. The Balaban J connectivity index is 1.99. The number of rotatable bonds is 5. The van der Waals surface area contributed by atoms with E-state index < -0.39 is 5.97 Å². The summed E-state index contributed by atoms with van der Waals surface area (Å²) in [6.45, 7) is 2.91. The van der Waals surface area contributed by atoms with Crippen molar-refractivity contribution in [1.82, 2.24) is 0 Å². The standard InChI is InChI=1S/C16H17NO2/c1-12(13-6-3-2-4-7-13)11-17-15-9-5-8-14(10-15)16(18)19/h2-10,12,17H,11H2,1H3,(H,18,19). The van der Waals surface area contributed by atoms with Crippen molar-refractivity contribution < 1.29 is 9.90 Å². The molecule has 3 heteroatoms. The van der Waals surface area contributed by atoms with Crippen LogP contribution >= 0.6 is 0 Å². The molecule has 0 saturated carbocycles. The van der Waals surface area contributed by atoms with Crippen molar-refractivity contribution in [2.45, 2.75) is 12.8 Å². The third-order valence-electron chi connectivity index (χ3n) is 3.09. The molecule has 0 spiro atoms. The number of aromatic carboxylic acids is 1. The zero-order chi connectivity index (χ0) is 13.7. The predicted molar refractivity (Wildman–Crippen MR) is 76.7 cm³/mol. The fourth-order valence-electron chi connectivity index (χ4n) is 1.93. The molecule has 0 saturated heterocycles. The first-order valence-corrected chi connectivity index (χ1v) is 6.29. The van der Waals surface area contributed by atoms with Gasteiger partial charge in [-0.3, -0.25) is 0 Å². The maximum atomic E-state index is 10.9. The lowest BCUT2D eigenvalue weighted by atomic mass is 10.0. The Labute approximate surface area is 112 Å². The number of hydrogen-bond acceptors (Lipinski definition) is 2. The van der Waals surface area contributed by atoms with E-state index in [2.05, 4.69) is 24.4 Å². The van der Waals surface area contributed by atoms with Crippen LogP contribution in [-0.2, 0) is 0 Å². The smallest absolute Gasteiger partial charge is 0.335 e. The van der Waals surface area contributed by atoms with Gasteiger partial charge >= 0.3 is 5.97 Å². The van der Waals surface area contributed by atoms with Crippen LogP contribution in [0.1, 0.15) is 28.8 Å². The lowest BCUT2D eigenvalue weighted by Crippen LogP contribution is -2.10. The average molecular weight is 255 g/mol. The van der Waals surface area contributed by atoms with Gasteiger partial charge in [0.05, 0.1) is 5.56 Å². The molecular formula is C16H17NO2. The van der Waals surface area contributed by atoms with Gasteiger partial charge in [0.15, 0.2) is 0 Å². The molecule has 1 atom stereocenters. The summed E-state index contributed by atoms with van der Waals surface area (Å²) in [5.74, 6) is -0.533. The number of carbonyl (C=O) groups is 1. The van der Waals surface area contributed by atoms with E-state index in [0.717, 1.165) is 12.2 Å². The van der Waals surface area contributed by atoms with Crippen LogP contribution in [0.25, 0.3) is 0 Å². The molecule has 98 valence electrons. The van der Waals surface area contributed by atoms with Gasteiger partial charge < -0.3 is 10.4 Å². The third kappa shape index (κ3) is 3.58. The SMILES string of the molecule is CC(CNc1cccc(C(=O)O)c1)c1ccccc1. The number of carboxylic acid groups (broad SMARTS) is 1. The summed E-state index contributed by atoms with van der Waals surface area (Å²) in [5, 5.41) is 12.2. The van der Waals surface area contributed by atoms with Gasteiger partial charge in [0, 0.05) is 12.2 Å². The highest BCUT2D eigenvalue weighted by atomic mass is 16.4. The molecule has 0 fully saturated rings. The number of carboxylic acids is 1. The lowest BCUT2D eigenvalue weighted by Gasteiger charge is -2.14. The summed E-state index contributed by atoms with van der Waals surface area (Å²) in [6.07, 6.45) is 0. The van der Waals surface area contributed by atoms with Gasteiger partial charge in [0.25, 0.3) is 0 Å². The lowest BCUT2D eigenvalue weighted by molar-refractivity contribution is 0.0697. The molecule has 0 aliphatic heterocycles. The highest BCUT2D eigenvalue weighted by Crippen LogP contribution is 2.17. The molecule has 3 nitrogen and oxygen atoms in total. The summed E-state index contributed by atoms with van der Waals surface area (Å²) in [4.78, 5) is 10.9. The van der Waals surface area contributed by atoms with Gasteiger partial charge in [0.1, 0.15) is 0 Å². The minimum atomic E-state index is -0.903. The molecule has 2 aromatic carbocycles. The number of benzene rings is 2. The van der Waals surface area contributed by atoms with Crippen LogP contribution in [0.15, 0.2) is 54.6 Å². The zero-order valence-corrected chi connectivity index (χ0v) is 10.8. The molecule has 2 aromatic rings. The van der Waals surface area contributed by atoms with E-state index in [9.17, 15) is 4.79 Å². The van der Waals surface area contributed by atoms with Crippen molar-refractivity contribution >= 4 is 11.7 Å². The summed E-state index contributed by atoms with van der Waals surface area (Å²) < 4.78 is 0. The molecule has 19 heavy (non-hydrogen) atoms. The Morgan fingerprint density at radius 3 is 2.58 bits per heavy atom. The van der Waals surface area contributed by atoms with Gasteiger partial charge in [-0.15, -0.1) is 0 Å².